The van der Waals surface area contributed by atoms with Crippen molar-refractivity contribution >= 4 is 35.2 Å². The molecule has 0 bridgehead atoms. The highest BCUT2D eigenvalue weighted by molar-refractivity contribution is 8.00. The number of esters is 1. The van der Waals surface area contributed by atoms with Gasteiger partial charge in [0.1, 0.15) is 0 Å². The Kier molecular flexibility index (Phi) is 8.73. The number of thioether (sulfide) groups is 1. The van der Waals surface area contributed by atoms with Gasteiger partial charge in [-0.1, -0.05) is 36.8 Å². The van der Waals surface area contributed by atoms with Gasteiger partial charge in [0.15, 0.2) is 6.61 Å². The standard InChI is InChI=1S/C22H26N2O4S/c1-4-16(3)23-20(25)13-28-22(27)18-7-5-6-8-19(18)29-14-21(26)24-17-11-9-15(2)10-12-17/h5-12,16H,4,13-14H2,1-3H3,(H,23,25)(H,24,26). The van der Waals surface area contributed by atoms with E-state index >= 15 is 0 Å². The topological polar surface area (TPSA) is 84.5 Å². The molecule has 0 fully saturated rings. The van der Waals surface area contributed by atoms with Gasteiger partial charge in [-0.3, -0.25) is 9.59 Å². The Hall–Kier alpha value is -2.80. The number of hydrogen-bond donors (Lipinski definition) is 2. The molecule has 0 aliphatic heterocycles. The third-order valence-corrected chi connectivity index (χ3v) is 5.23. The fourth-order valence-corrected chi connectivity index (χ4v) is 3.21. The second-order valence-electron chi connectivity index (χ2n) is 6.65. The molecule has 0 saturated heterocycles. The maximum atomic E-state index is 12.4. The summed E-state index contributed by atoms with van der Waals surface area (Å²) in [6.45, 7) is 5.48. The van der Waals surface area contributed by atoms with Gasteiger partial charge in [0.2, 0.25) is 5.91 Å². The van der Waals surface area contributed by atoms with Crippen molar-refractivity contribution in [1.82, 2.24) is 5.32 Å². The summed E-state index contributed by atoms with van der Waals surface area (Å²) in [6.07, 6.45) is 0.795. The van der Waals surface area contributed by atoms with Crippen molar-refractivity contribution in [1.29, 1.82) is 0 Å². The summed E-state index contributed by atoms with van der Waals surface area (Å²) < 4.78 is 5.12. The van der Waals surface area contributed by atoms with Crippen molar-refractivity contribution in [2.24, 2.45) is 0 Å². The lowest BCUT2D eigenvalue weighted by atomic mass is 10.2. The van der Waals surface area contributed by atoms with Gasteiger partial charge in [-0.25, -0.2) is 4.79 Å². The van der Waals surface area contributed by atoms with Crippen LogP contribution in [0.3, 0.4) is 0 Å². The van der Waals surface area contributed by atoms with Crippen molar-refractivity contribution in [2.45, 2.75) is 38.1 Å². The van der Waals surface area contributed by atoms with E-state index in [0.29, 0.717) is 10.5 Å². The summed E-state index contributed by atoms with van der Waals surface area (Å²) in [4.78, 5) is 37.0. The lowest BCUT2D eigenvalue weighted by Gasteiger charge is -2.12. The molecule has 6 nitrogen and oxygen atoms in total. The first-order chi connectivity index (χ1) is 13.9. The van der Waals surface area contributed by atoms with Gasteiger partial charge in [0, 0.05) is 16.6 Å². The monoisotopic (exact) mass is 414 g/mol. The first-order valence-corrected chi connectivity index (χ1v) is 10.4. The van der Waals surface area contributed by atoms with Gasteiger partial charge in [0.05, 0.1) is 11.3 Å². The maximum absolute atomic E-state index is 12.4. The van der Waals surface area contributed by atoms with Crippen LogP contribution in [0.5, 0.6) is 0 Å². The quantitative estimate of drug-likeness (QED) is 0.482. The molecule has 1 unspecified atom stereocenters. The Labute approximate surface area is 175 Å². The van der Waals surface area contributed by atoms with Crippen LogP contribution in [-0.4, -0.2) is 36.2 Å². The second-order valence-corrected chi connectivity index (χ2v) is 7.67. The van der Waals surface area contributed by atoms with E-state index in [1.54, 1.807) is 24.3 Å². The summed E-state index contributed by atoms with van der Waals surface area (Å²) in [5.74, 6) is -0.955. The van der Waals surface area contributed by atoms with E-state index < -0.39 is 5.97 Å². The van der Waals surface area contributed by atoms with E-state index in [-0.39, 0.29) is 30.2 Å². The number of aryl methyl sites for hydroxylation is 1. The van der Waals surface area contributed by atoms with Crippen LogP contribution >= 0.6 is 11.8 Å². The average molecular weight is 415 g/mol. The third kappa shape index (κ3) is 7.62. The lowest BCUT2D eigenvalue weighted by Crippen LogP contribution is -2.35. The fraction of sp³-hybridized carbons (Fsp3) is 0.318. The summed E-state index contributed by atoms with van der Waals surface area (Å²) in [6, 6.07) is 14.4. The average Bonchev–Trinajstić information content (AvgIpc) is 2.72. The van der Waals surface area contributed by atoms with Crippen LogP contribution < -0.4 is 10.6 Å². The summed E-state index contributed by atoms with van der Waals surface area (Å²) in [7, 11) is 0. The zero-order valence-electron chi connectivity index (χ0n) is 16.9. The molecule has 154 valence electrons. The second kappa shape index (κ2) is 11.3. The Bertz CT molecular complexity index is 852. The zero-order chi connectivity index (χ0) is 21.2. The normalized spacial score (nSPS) is 11.4. The molecule has 0 saturated carbocycles. The summed E-state index contributed by atoms with van der Waals surface area (Å²) >= 11 is 1.24. The van der Waals surface area contributed by atoms with Crippen LogP contribution in [0, 0.1) is 6.92 Å². The number of anilines is 1. The first-order valence-electron chi connectivity index (χ1n) is 9.44. The van der Waals surface area contributed by atoms with Crippen LogP contribution in [0.2, 0.25) is 0 Å². The van der Waals surface area contributed by atoms with E-state index in [9.17, 15) is 14.4 Å². The molecule has 29 heavy (non-hydrogen) atoms. The molecule has 2 aromatic carbocycles. The van der Waals surface area contributed by atoms with E-state index in [0.717, 1.165) is 17.7 Å². The summed E-state index contributed by atoms with van der Waals surface area (Å²) in [5.41, 5.74) is 2.17. The maximum Gasteiger partial charge on any atom is 0.339 e. The Morgan fingerprint density at radius 1 is 1.03 bits per heavy atom. The highest BCUT2D eigenvalue weighted by atomic mass is 32.2. The van der Waals surface area contributed by atoms with Gasteiger partial charge in [-0.2, -0.15) is 0 Å². The van der Waals surface area contributed by atoms with Crippen LogP contribution in [0.15, 0.2) is 53.4 Å². The largest absolute Gasteiger partial charge is 0.452 e. The van der Waals surface area contributed by atoms with Crippen molar-refractivity contribution in [3.8, 4) is 0 Å². The Balaban J connectivity index is 1.90. The van der Waals surface area contributed by atoms with Crippen LogP contribution in [0.4, 0.5) is 5.69 Å². The molecule has 2 aromatic rings. The summed E-state index contributed by atoms with van der Waals surface area (Å²) in [5, 5.41) is 5.57. The van der Waals surface area contributed by atoms with Gasteiger partial charge in [-0.15, -0.1) is 11.8 Å². The molecule has 0 radical (unpaired) electrons. The molecular weight excluding hydrogens is 388 g/mol. The number of carbonyl (C=O) groups is 3. The smallest absolute Gasteiger partial charge is 0.339 e. The number of rotatable bonds is 9. The highest BCUT2D eigenvalue weighted by Gasteiger charge is 2.16. The molecule has 0 aliphatic carbocycles. The van der Waals surface area contributed by atoms with Crippen molar-refractivity contribution in [3.05, 3.63) is 59.7 Å². The minimum atomic E-state index is -0.591. The molecule has 0 heterocycles. The number of nitrogens with one attached hydrogen (secondary N) is 2. The molecule has 2 rings (SSSR count). The number of benzene rings is 2. The van der Waals surface area contributed by atoms with E-state index in [1.165, 1.54) is 11.8 Å². The first kappa shape index (κ1) is 22.5. The van der Waals surface area contributed by atoms with Gasteiger partial charge < -0.3 is 15.4 Å². The van der Waals surface area contributed by atoms with Crippen LogP contribution in [-0.2, 0) is 14.3 Å². The molecule has 0 aromatic heterocycles. The van der Waals surface area contributed by atoms with Crippen molar-refractivity contribution < 1.29 is 19.1 Å². The Morgan fingerprint density at radius 3 is 2.41 bits per heavy atom. The van der Waals surface area contributed by atoms with Crippen LogP contribution in [0.25, 0.3) is 0 Å². The molecule has 7 heteroatoms. The lowest BCUT2D eigenvalue weighted by molar-refractivity contribution is -0.124. The third-order valence-electron chi connectivity index (χ3n) is 4.16. The molecule has 0 aliphatic rings. The molecule has 1 atom stereocenters. The van der Waals surface area contributed by atoms with E-state index in [2.05, 4.69) is 10.6 Å². The highest BCUT2D eigenvalue weighted by Crippen LogP contribution is 2.23. The number of carbonyl (C=O) groups excluding carboxylic acids is 3. The van der Waals surface area contributed by atoms with E-state index in [1.807, 2.05) is 45.0 Å². The van der Waals surface area contributed by atoms with Gasteiger partial charge in [0.25, 0.3) is 5.91 Å². The van der Waals surface area contributed by atoms with Gasteiger partial charge in [-0.05, 0) is 44.5 Å². The zero-order valence-corrected chi connectivity index (χ0v) is 17.7. The fourth-order valence-electron chi connectivity index (χ4n) is 2.37. The SMILES string of the molecule is CCC(C)NC(=O)COC(=O)c1ccccc1SCC(=O)Nc1ccc(C)cc1. The number of amides is 2. The number of ether oxygens (including phenoxy) is 1. The van der Waals surface area contributed by atoms with Crippen molar-refractivity contribution in [2.75, 3.05) is 17.7 Å². The predicted octanol–water partition coefficient (Wildman–Crippen LogP) is 3.80. The van der Waals surface area contributed by atoms with E-state index in [4.69, 9.17) is 4.74 Å². The Morgan fingerprint density at radius 2 is 1.72 bits per heavy atom. The predicted molar refractivity (Wildman–Crippen MR) is 115 cm³/mol. The van der Waals surface area contributed by atoms with Crippen LogP contribution in [0.1, 0.15) is 36.2 Å². The number of hydrogen-bond acceptors (Lipinski definition) is 5. The van der Waals surface area contributed by atoms with Crippen molar-refractivity contribution in [3.63, 3.8) is 0 Å². The van der Waals surface area contributed by atoms with Gasteiger partial charge >= 0.3 is 5.97 Å². The molecule has 0 spiro atoms. The minimum absolute atomic E-state index is 0.0242. The minimum Gasteiger partial charge on any atom is -0.452 e. The molecular formula is C22H26N2O4S. The molecule has 2 N–H and O–H groups in total. The molecule has 2 amide bonds.